The van der Waals surface area contributed by atoms with Crippen molar-refractivity contribution in [3.05, 3.63) is 12.2 Å². The maximum absolute atomic E-state index is 13.4. The third kappa shape index (κ3) is 5.80. The van der Waals surface area contributed by atoms with E-state index in [9.17, 15) is 13.6 Å². The van der Waals surface area contributed by atoms with Gasteiger partial charge in [-0.25, -0.2) is 8.78 Å². The summed E-state index contributed by atoms with van der Waals surface area (Å²) in [6.45, 7) is 0. The molecule has 0 aromatic heterocycles. The summed E-state index contributed by atoms with van der Waals surface area (Å²) < 4.78 is 26.3. The number of aliphatic carboxylic acids is 1. The minimum absolute atomic E-state index is 0.0221. The van der Waals surface area contributed by atoms with Crippen molar-refractivity contribution in [1.29, 1.82) is 0 Å². The molecule has 1 saturated carbocycles. The number of halogens is 2. The Labute approximate surface area is 101 Å². The fourth-order valence-electron chi connectivity index (χ4n) is 2.21. The van der Waals surface area contributed by atoms with Gasteiger partial charge < -0.3 is 5.11 Å². The topological polar surface area (TPSA) is 37.3 Å². The molecule has 1 aliphatic carbocycles. The Hall–Kier alpha value is -0.930. The highest BCUT2D eigenvalue weighted by Gasteiger charge is 2.29. The summed E-state index contributed by atoms with van der Waals surface area (Å²) in [4.78, 5) is 10.2. The quantitative estimate of drug-likeness (QED) is 0.726. The molecule has 1 rings (SSSR count). The zero-order valence-corrected chi connectivity index (χ0v) is 9.95. The lowest BCUT2D eigenvalue weighted by molar-refractivity contribution is -0.136. The van der Waals surface area contributed by atoms with Crippen molar-refractivity contribution in [1.82, 2.24) is 0 Å². The summed E-state index contributed by atoms with van der Waals surface area (Å²) in [5.41, 5.74) is 0. The van der Waals surface area contributed by atoms with Gasteiger partial charge >= 0.3 is 5.97 Å². The van der Waals surface area contributed by atoms with E-state index in [4.69, 9.17) is 5.11 Å². The molecule has 0 aromatic carbocycles. The maximum Gasteiger partial charge on any atom is 0.303 e. The number of hydrogen-bond donors (Lipinski definition) is 1. The third-order valence-electron chi connectivity index (χ3n) is 3.24. The molecule has 0 bridgehead atoms. The van der Waals surface area contributed by atoms with E-state index in [1.807, 2.05) is 12.2 Å². The Balaban J connectivity index is 2.11. The number of carboxylic acids is 1. The van der Waals surface area contributed by atoms with Crippen LogP contribution in [0.15, 0.2) is 12.2 Å². The van der Waals surface area contributed by atoms with Gasteiger partial charge in [0.15, 0.2) is 0 Å². The Kier molecular flexibility index (Phi) is 6.16. The first-order valence-corrected chi connectivity index (χ1v) is 6.24. The van der Waals surface area contributed by atoms with Crippen molar-refractivity contribution >= 4 is 5.97 Å². The molecule has 0 aliphatic heterocycles. The first-order chi connectivity index (χ1) is 8.09. The minimum Gasteiger partial charge on any atom is -0.481 e. The predicted molar refractivity (Wildman–Crippen MR) is 62.4 cm³/mol. The van der Waals surface area contributed by atoms with E-state index in [2.05, 4.69) is 0 Å². The molecule has 0 aromatic rings. The highest BCUT2D eigenvalue weighted by Crippen LogP contribution is 2.32. The molecule has 3 atom stereocenters. The van der Waals surface area contributed by atoms with Crippen LogP contribution in [0.1, 0.15) is 44.9 Å². The summed E-state index contributed by atoms with van der Waals surface area (Å²) in [6.07, 6.45) is 5.05. The van der Waals surface area contributed by atoms with Gasteiger partial charge in [-0.3, -0.25) is 4.79 Å². The lowest BCUT2D eigenvalue weighted by Crippen LogP contribution is -2.26. The fourth-order valence-corrected chi connectivity index (χ4v) is 2.21. The van der Waals surface area contributed by atoms with Crippen LogP contribution in [0.2, 0.25) is 0 Å². The molecule has 0 radical (unpaired) electrons. The average Bonchev–Trinajstić information content (AvgIpc) is 2.25. The van der Waals surface area contributed by atoms with E-state index >= 15 is 0 Å². The molecule has 1 N–H and O–H groups in total. The van der Waals surface area contributed by atoms with Crippen LogP contribution in [-0.4, -0.2) is 23.4 Å². The van der Waals surface area contributed by atoms with Crippen LogP contribution in [-0.2, 0) is 4.79 Å². The van der Waals surface area contributed by atoms with Crippen molar-refractivity contribution in [2.45, 2.75) is 57.3 Å². The number of carbonyl (C=O) groups is 1. The highest BCUT2D eigenvalue weighted by atomic mass is 19.1. The maximum atomic E-state index is 13.4. The standard InChI is InChI=1S/C13H20F2O2/c14-11-8-7-10(12(15)9-11)5-3-1-2-4-6-13(16)17/h1-2,10-12H,3-9H2,(H,16,17)/b2-1+. The van der Waals surface area contributed by atoms with E-state index in [0.29, 0.717) is 19.3 Å². The molecule has 0 amide bonds. The largest absolute Gasteiger partial charge is 0.481 e. The Morgan fingerprint density at radius 3 is 2.59 bits per heavy atom. The number of hydrogen-bond acceptors (Lipinski definition) is 1. The van der Waals surface area contributed by atoms with Crippen molar-refractivity contribution in [3.8, 4) is 0 Å². The molecule has 0 saturated heterocycles. The smallest absolute Gasteiger partial charge is 0.303 e. The average molecular weight is 246 g/mol. The van der Waals surface area contributed by atoms with Crippen molar-refractivity contribution in [3.63, 3.8) is 0 Å². The van der Waals surface area contributed by atoms with Gasteiger partial charge in [0.2, 0.25) is 0 Å². The van der Waals surface area contributed by atoms with E-state index in [-0.39, 0.29) is 18.8 Å². The Morgan fingerprint density at radius 1 is 1.24 bits per heavy atom. The van der Waals surface area contributed by atoms with Gasteiger partial charge in [0.25, 0.3) is 0 Å². The number of allylic oxidation sites excluding steroid dienone is 2. The van der Waals surface area contributed by atoms with Gasteiger partial charge in [-0.1, -0.05) is 12.2 Å². The molecule has 98 valence electrons. The third-order valence-corrected chi connectivity index (χ3v) is 3.24. The monoisotopic (exact) mass is 246 g/mol. The lowest BCUT2D eigenvalue weighted by atomic mass is 9.83. The predicted octanol–water partition coefficient (Wildman–Crippen LogP) is 3.66. The van der Waals surface area contributed by atoms with Gasteiger partial charge in [-0.05, 0) is 38.0 Å². The number of rotatable bonds is 6. The first kappa shape index (κ1) is 14.1. The summed E-state index contributed by atoms with van der Waals surface area (Å²) in [7, 11) is 0. The van der Waals surface area contributed by atoms with Gasteiger partial charge in [0.05, 0.1) is 0 Å². The van der Waals surface area contributed by atoms with E-state index in [1.165, 1.54) is 0 Å². The van der Waals surface area contributed by atoms with Crippen molar-refractivity contribution in [2.75, 3.05) is 0 Å². The number of alkyl halides is 2. The second-order valence-corrected chi connectivity index (χ2v) is 4.67. The van der Waals surface area contributed by atoms with E-state index in [0.717, 1.165) is 12.8 Å². The summed E-state index contributed by atoms with van der Waals surface area (Å²) in [6, 6.07) is 0. The molecule has 1 aliphatic rings. The first-order valence-electron chi connectivity index (χ1n) is 6.24. The molecule has 0 heterocycles. The minimum atomic E-state index is -1.01. The van der Waals surface area contributed by atoms with Crippen LogP contribution < -0.4 is 0 Å². The molecule has 3 unspecified atom stereocenters. The van der Waals surface area contributed by atoms with Crippen LogP contribution in [0.25, 0.3) is 0 Å². The summed E-state index contributed by atoms with van der Waals surface area (Å²) in [5, 5.41) is 8.41. The second-order valence-electron chi connectivity index (χ2n) is 4.67. The van der Waals surface area contributed by atoms with Crippen LogP contribution in [0.3, 0.4) is 0 Å². The summed E-state index contributed by atoms with van der Waals surface area (Å²) in [5.74, 6) is -0.828. The van der Waals surface area contributed by atoms with Crippen LogP contribution in [0.5, 0.6) is 0 Å². The summed E-state index contributed by atoms with van der Waals surface area (Å²) >= 11 is 0. The van der Waals surface area contributed by atoms with Gasteiger partial charge in [0, 0.05) is 12.8 Å². The van der Waals surface area contributed by atoms with Crippen LogP contribution in [0.4, 0.5) is 8.78 Å². The molecular weight excluding hydrogens is 226 g/mol. The van der Waals surface area contributed by atoms with E-state index < -0.39 is 18.3 Å². The zero-order chi connectivity index (χ0) is 12.7. The molecule has 4 heteroatoms. The fraction of sp³-hybridized carbons (Fsp3) is 0.769. The van der Waals surface area contributed by atoms with Crippen molar-refractivity contribution in [2.24, 2.45) is 5.92 Å². The normalized spacial score (nSPS) is 29.6. The second kappa shape index (κ2) is 7.41. The van der Waals surface area contributed by atoms with Gasteiger partial charge in [-0.2, -0.15) is 0 Å². The van der Waals surface area contributed by atoms with Gasteiger partial charge in [-0.15, -0.1) is 0 Å². The molecule has 2 nitrogen and oxygen atoms in total. The number of carboxylic acid groups (broad SMARTS) is 1. The Morgan fingerprint density at radius 2 is 1.94 bits per heavy atom. The van der Waals surface area contributed by atoms with Gasteiger partial charge in [0.1, 0.15) is 12.3 Å². The highest BCUT2D eigenvalue weighted by molar-refractivity contribution is 5.66. The van der Waals surface area contributed by atoms with Crippen LogP contribution >= 0.6 is 0 Å². The lowest BCUT2D eigenvalue weighted by Gasteiger charge is -2.27. The SMILES string of the molecule is O=C(O)CC/C=C/CCC1CCC(F)CC1F. The Bertz CT molecular complexity index is 266. The molecular formula is C13H20F2O2. The molecule has 17 heavy (non-hydrogen) atoms. The van der Waals surface area contributed by atoms with Crippen molar-refractivity contribution < 1.29 is 18.7 Å². The zero-order valence-electron chi connectivity index (χ0n) is 9.95. The molecule has 0 spiro atoms. The van der Waals surface area contributed by atoms with E-state index in [1.54, 1.807) is 0 Å². The van der Waals surface area contributed by atoms with Crippen LogP contribution in [0, 0.1) is 5.92 Å². The molecule has 1 fully saturated rings.